The molecule has 3 amide bonds. The Morgan fingerprint density at radius 3 is 2.52 bits per heavy atom. The Morgan fingerprint density at radius 1 is 1.33 bits per heavy atom. The molecule has 0 radical (unpaired) electrons. The van der Waals surface area contributed by atoms with Crippen LogP contribution in [0.2, 0.25) is 0 Å². The topological polar surface area (TPSA) is 216 Å². The fraction of sp³-hybridized carbons (Fsp3) is 0.643. The number of ether oxygens (including phenoxy) is 1. The van der Waals surface area contributed by atoms with E-state index in [1.165, 1.54) is 14.0 Å². The van der Waals surface area contributed by atoms with Crippen LogP contribution in [0.4, 0.5) is 4.79 Å². The van der Waals surface area contributed by atoms with Crippen molar-refractivity contribution in [3.05, 3.63) is 11.7 Å². The van der Waals surface area contributed by atoms with Crippen LogP contribution in [0.5, 0.6) is 0 Å². The summed E-state index contributed by atoms with van der Waals surface area (Å²) in [6.45, 7) is 1.28. The SMILES string of the molecule is COC(C)[C@H](NC(=O)N[C@@H](CC(N)=O)c1nc([C@@H](N)CCO)no1)C(=O)O. The average Bonchev–Trinajstić information content (AvgIpc) is 3.08. The Morgan fingerprint density at radius 2 is 2.00 bits per heavy atom. The number of carbonyl (C=O) groups excluding carboxylic acids is 2. The molecule has 1 aromatic rings. The van der Waals surface area contributed by atoms with E-state index in [4.69, 9.17) is 30.9 Å². The van der Waals surface area contributed by atoms with E-state index in [9.17, 15) is 14.4 Å². The number of aromatic nitrogens is 2. The summed E-state index contributed by atoms with van der Waals surface area (Å²) in [4.78, 5) is 38.7. The number of aliphatic hydroxyl groups is 1. The van der Waals surface area contributed by atoms with Crippen molar-refractivity contribution in [2.45, 2.75) is 44.0 Å². The molecule has 1 heterocycles. The van der Waals surface area contributed by atoms with Crippen molar-refractivity contribution < 1.29 is 33.9 Å². The summed E-state index contributed by atoms with van der Waals surface area (Å²) >= 11 is 0. The number of nitrogens with zero attached hydrogens (tertiary/aromatic N) is 2. The molecular formula is C14H24N6O7. The standard InChI is InChI=1S/C14H24N6O7/c1-6(26-2)10(13(23)24)18-14(25)17-8(5-9(16)22)12-19-11(20-27-12)7(15)3-4-21/h6-8,10,21H,3-5,15H2,1-2H3,(H2,16,22)(H,23,24)(H2,17,18,25)/t6?,7-,8-,10-/m0/s1. The first-order valence-electron chi connectivity index (χ1n) is 8.00. The highest BCUT2D eigenvalue weighted by atomic mass is 16.5. The largest absolute Gasteiger partial charge is 0.480 e. The number of nitrogens with one attached hydrogen (secondary N) is 2. The van der Waals surface area contributed by atoms with Gasteiger partial charge in [-0.2, -0.15) is 4.98 Å². The number of carboxylic acids is 1. The van der Waals surface area contributed by atoms with Gasteiger partial charge in [-0.25, -0.2) is 9.59 Å². The number of hydrogen-bond donors (Lipinski definition) is 6. The Bertz CT molecular complexity index is 652. The second-order valence-corrected chi connectivity index (χ2v) is 5.71. The zero-order valence-corrected chi connectivity index (χ0v) is 14.9. The number of amides is 3. The molecule has 0 fully saturated rings. The zero-order valence-electron chi connectivity index (χ0n) is 14.9. The van der Waals surface area contributed by atoms with Gasteiger partial charge in [-0.15, -0.1) is 0 Å². The fourth-order valence-electron chi connectivity index (χ4n) is 2.07. The fourth-order valence-corrected chi connectivity index (χ4v) is 2.07. The summed E-state index contributed by atoms with van der Waals surface area (Å²) in [6, 6.07) is -4.04. The lowest BCUT2D eigenvalue weighted by Gasteiger charge is -2.21. The molecular weight excluding hydrogens is 364 g/mol. The first-order chi connectivity index (χ1) is 12.7. The summed E-state index contributed by atoms with van der Waals surface area (Å²) in [7, 11) is 1.30. The van der Waals surface area contributed by atoms with Crippen LogP contribution in [0, 0.1) is 0 Å². The second-order valence-electron chi connectivity index (χ2n) is 5.71. The number of primary amides is 1. The maximum Gasteiger partial charge on any atom is 0.328 e. The van der Waals surface area contributed by atoms with E-state index >= 15 is 0 Å². The molecule has 0 aliphatic carbocycles. The van der Waals surface area contributed by atoms with Crippen LogP contribution in [-0.4, -0.2) is 64.1 Å². The van der Waals surface area contributed by atoms with Crippen molar-refractivity contribution in [1.82, 2.24) is 20.8 Å². The van der Waals surface area contributed by atoms with Gasteiger partial charge in [0.2, 0.25) is 11.8 Å². The molecule has 1 aromatic heterocycles. The number of methoxy groups -OCH3 is 1. The Balaban J connectivity index is 2.90. The van der Waals surface area contributed by atoms with Gasteiger partial charge in [0.25, 0.3) is 0 Å². The second kappa shape index (κ2) is 10.4. The predicted molar refractivity (Wildman–Crippen MR) is 89.0 cm³/mol. The van der Waals surface area contributed by atoms with Gasteiger partial charge < -0.3 is 41.6 Å². The molecule has 1 unspecified atom stereocenters. The predicted octanol–water partition coefficient (Wildman–Crippen LogP) is -1.84. The highest BCUT2D eigenvalue weighted by Gasteiger charge is 2.29. The minimum absolute atomic E-state index is 0.0761. The van der Waals surface area contributed by atoms with Gasteiger partial charge in [0.1, 0.15) is 6.04 Å². The number of urea groups is 1. The minimum atomic E-state index is -1.33. The van der Waals surface area contributed by atoms with Crippen molar-refractivity contribution >= 4 is 17.9 Å². The van der Waals surface area contributed by atoms with E-state index in [0.717, 1.165) is 0 Å². The van der Waals surface area contributed by atoms with Gasteiger partial charge in [-0.3, -0.25) is 4.79 Å². The number of aliphatic carboxylic acids is 1. The van der Waals surface area contributed by atoms with E-state index in [2.05, 4.69) is 20.8 Å². The Labute approximate surface area is 154 Å². The van der Waals surface area contributed by atoms with Crippen LogP contribution in [0.15, 0.2) is 4.52 Å². The van der Waals surface area contributed by atoms with Crippen molar-refractivity contribution in [2.75, 3.05) is 13.7 Å². The smallest absolute Gasteiger partial charge is 0.328 e. The molecule has 13 nitrogen and oxygen atoms in total. The van der Waals surface area contributed by atoms with E-state index < -0.39 is 42.1 Å². The summed E-state index contributed by atoms with van der Waals surface area (Å²) < 4.78 is 9.91. The molecule has 0 saturated carbocycles. The van der Waals surface area contributed by atoms with Crippen LogP contribution in [0.3, 0.4) is 0 Å². The molecule has 13 heteroatoms. The first kappa shape index (κ1) is 22.3. The minimum Gasteiger partial charge on any atom is -0.480 e. The molecule has 0 bridgehead atoms. The van der Waals surface area contributed by atoms with Crippen LogP contribution in [0.1, 0.15) is 43.6 Å². The molecule has 0 aromatic carbocycles. The van der Waals surface area contributed by atoms with Gasteiger partial charge in [-0.05, 0) is 13.3 Å². The highest BCUT2D eigenvalue weighted by Crippen LogP contribution is 2.18. The van der Waals surface area contributed by atoms with E-state index in [-0.39, 0.29) is 31.2 Å². The zero-order chi connectivity index (χ0) is 20.6. The van der Waals surface area contributed by atoms with Gasteiger partial charge in [0.05, 0.1) is 18.6 Å². The molecule has 1 rings (SSSR count). The third kappa shape index (κ3) is 6.80. The van der Waals surface area contributed by atoms with Gasteiger partial charge >= 0.3 is 12.0 Å². The van der Waals surface area contributed by atoms with Crippen molar-refractivity contribution in [1.29, 1.82) is 0 Å². The molecule has 4 atom stereocenters. The molecule has 0 aliphatic heterocycles. The third-order valence-corrected chi connectivity index (χ3v) is 3.63. The van der Waals surface area contributed by atoms with Crippen LogP contribution in [-0.2, 0) is 14.3 Å². The van der Waals surface area contributed by atoms with Crippen molar-refractivity contribution in [3.63, 3.8) is 0 Å². The summed E-state index contributed by atoms with van der Waals surface area (Å²) in [5.41, 5.74) is 10.9. The van der Waals surface area contributed by atoms with Crippen LogP contribution >= 0.6 is 0 Å². The molecule has 0 spiro atoms. The summed E-state index contributed by atoms with van der Waals surface area (Å²) in [5, 5.41) is 26.3. The average molecular weight is 388 g/mol. The lowest BCUT2D eigenvalue weighted by atomic mass is 10.1. The normalized spacial score (nSPS) is 15.4. The van der Waals surface area contributed by atoms with Crippen LogP contribution < -0.4 is 22.1 Å². The van der Waals surface area contributed by atoms with Gasteiger partial charge in [0.15, 0.2) is 11.9 Å². The van der Waals surface area contributed by atoms with Crippen LogP contribution in [0.25, 0.3) is 0 Å². The Kier molecular flexibility index (Phi) is 8.58. The van der Waals surface area contributed by atoms with E-state index in [1.807, 2.05) is 0 Å². The van der Waals surface area contributed by atoms with Crippen molar-refractivity contribution in [3.8, 4) is 0 Å². The maximum atomic E-state index is 12.1. The van der Waals surface area contributed by atoms with E-state index in [1.54, 1.807) is 0 Å². The number of carbonyl (C=O) groups is 3. The van der Waals surface area contributed by atoms with E-state index in [0.29, 0.717) is 0 Å². The maximum absolute atomic E-state index is 12.1. The lowest BCUT2D eigenvalue weighted by Crippen LogP contribution is -2.52. The van der Waals surface area contributed by atoms with Gasteiger partial charge in [-0.1, -0.05) is 5.16 Å². The molecule has 0 saturated heterocycles. The summed E-state index contributed by atoms with van der Waals surface area (Å²) in [5.74, 6) is -2.13. The molecule has 8 N–H and O–H groups in total. The van der Waals surface area contributed by atoms with Crippen molar-refractivity contribution in [2.24, 2.45) is 11.5 Å². The molecule has 152 valence electrons. The Hall–Kier alpha value is -2.77. The number of hydrogen-bond acceptors (Lipinski definition) is 9. The summed E-state index contributed by atoms with van der Waals surface area (Å²) in [6.07, 6.45) is -1.00. The highest BCUT2D eigenvalue weighted by molar-refractivity contribution is 5.83. The lowest BCUT2D eigenvalue weighted by molar-refractivity contribution is -0.142. The molecule has 0 aliphatic rings. The van der Waals surface area contributed by atoms with Gasteiger partial charge in [0, 0.05) is 13.7 Å². The number of carboxylic acid groups (broad SMARTS) is 1. The first-order valence-corrected chi connectivity index (χ1v) is 8.00. The molecule has 27 heavy (non-hydrogen) atoms. The number of aliphatic hydroxyl groups excluding tert-OH is 1. The third-order valence-electron chi connectivity index (χ3n) is 3.63. The monoisotopic (exact) mass is 388 g/mol. The number of nitrogens with two attached hydrogens (primary N) is 2. The number of rotatable bonds is 11. The quantitative estimate of drug-likeness (QED) is 0.249.